The zero-order valence-corrected chi connectivity index (χ0v) is 14.5. The Morgan fingerprint density at radius 1 is 1.00 bits per heavy atom. The number of halogens is 2. The van der Waals surface area contributed by atoms with Crippen LogP contribution < -0.4 is 9.47 Å². The molecule has 2 aromatic carbocycles. The van der Waals surface area contributed by atoms with Crippen molar-refractivity contribution in [2.75, 3.05) is 13.2 Å². The van der Waals surface area contributed by atoms with E-state index in [-0.39, 0.29) is 5.78 Å². The highest BCUT2D eigenvalue weighted by Gasteiger charge is 2.20. The molecule has 0 fully saturated rings. The summed E-state index contributed by atoms with van der Waals surface area (Å²) >= 11 is 6.88. The number of aryl methyl sites for hydroxylation is 1. The first-order valence-corrected chi connectivity index (χ1v) is 8.05. The van der Waals surface area contributed by atoms with Crippen LogP contribution in [0.1, 0.15) is 21.5 Å². The van der Waals surface area contributed by atoms with Crippen LogP contribution in [0.5, 0.6) is 11.5 Å². The Bertz CT molecular complexity index is 726. The summed E-state index contributed by atoms with van der Waals surface area (Å²) < 4.78 is 12.7. The van der Waals surface area contributed by atoms with Gasteiger partial charge in [0.1, 0.15) is 13.2 Å². The lowest BCUT2D eigenvalue weighted by Crippen LogP contribution is -2.16. The van der Waals surface area contributed by atoms with Crippen molar-refractivity contribution in [1.29, 1.82) is 0 Å². The summed E-state index contributed by atoms with van der Waals surface area (Å²) in [6.07, 6.45) is 0. The average molecular weight is 412 g/mol. The van der Waals surface area contributed by atoms with Crippen molar-refractivity contribution in [2.24, 2.45) is 0 Å². The van der Waals surface area contributed by atoms with Crippen LogP contribution in [0.3, 0.4) is 0 Å². The van der Waals surface area contributed by atoms with E-state index in [0.717, 1.165) is 10.0 Å². The van der Waals surface area contributed by atoms with E-state index in [1.54, 1.807) is 12.1 Å². The van der Waals surface area contributed by atoms with Crippen LogP contribution in [0.15, 0.2) is 39.3 Å². The van der Waals surface area contributed by atoms with Gasteiger partial charge in [0.2, 0.25) is 0 Å². The van der Waals surface area contributed by atoms with Gasteiger partial charge in [-0.1, -0.05) is 15.9 Å². The molecular weight excluding hydrogens is 400 g/mol. The molecule has 3 nitrogen and oxygen atoms in total. The van der Waals surface area contributed by atoms with Crippen molar-refractivity contribution in [2.45, 2.75) is 6.92 Å². The van der Waals surface area contributed by atoms with Gasteiger partial charge in [-0.15, -0.1) is 0 Å². The molecule has 0 radical (unpaired) electrons. The van der Waals surface area contributed by atoms with E-state index in [9.17, 15) is 4.79 Å². The molecule has 0 aromatic heterocycles. The minimum Gasteiger partial charge on any atom is -0.486 e. The fourth-order valence-electron chi connectivity index (χ4n) is 2.18. The van der Waals surface area contributed by atoms with E-state index in [1.807, 2.05) is 25.1 Å². The van der Waals surface area contributed by atoms with E-state index in [4.69, 9.17) is 9.47 Å². The first-order valence-electron chi connectivity index (χ1n) is 6.46. The lowest BCUT2D eigenvalue weighted by Gasteiger charge is -2.19. The lowest BCUT2D eigenvalue weighted by atomic mass is 10.0. The third-order valence-electron chi connectivity index (χ3n) is 3.30. The van der Waals surface area contributed by atoms with Gasteiger partial charge in [0.05, 0.1) is 0 Å². The Labute approximate surface area is 139 Å². The van der Waals surface area contributed by atoms with E-state index < -0.39 is 0 Å². The quantitative estimate of drug-likeness (QED) is 0.681. The van der Waals surface area contributed by atoms with E-state index in [1.165, 1.54) is 0 Å². The number of hydrogen-bond acceptors (Lipinski definition) is 3. The summed E-state index contributed by atoms with van der Waals surface area (Å²) in [5.41, 5.74) is 2.24. The molecule has 0 saturated heterocycles. The van der Waals surface area contributed by atoms with Crippen LogP contribution >= 0.6 is 31.9 Å². The number of rotatable bonds is 2. The molecule has 0 aliphatic carbocycles. The molecule has 0 bridgehead atoms. The predicted molar refractivity (Wildman–Crippen MR) is 87.4 cm³/mol. The van der Waals surface area contributed by atoms with E-state index in [2.05, 4.69) is 31.9 Å². The van der Waals surface area contributed by atoms with Crippen molar-refractivity contribution < 1.29 is 14.3 Å². The van der Waals surface area contributed by atoms with Gasteiger partial charge in [0.15, 0.2) is 17.3 Å². The first kappa shape index (κ1) is 14.6. The summed E-state index contributed by atoms with van der Waals surface area (Å²) in [6.45, 7) is 2.98. The van der Waals surface area contributed by atoms with Crippen molar-refractivity contribution in [3.05, 3.63) is 56.0 Å². The Morgan fingerprint density at radius 3 is 2.33 bits per heavy atom. The van der Waals surface area contributed by atoms with Gasteiger partial charge < -0.3 is 9.47 Å². The molecule has 21 heavy (non-hydrogen) atoms. The average Bonchev–Trinajstić information content (AvgIpc) is 2.48. The fraction of sp³-hybridized carbons (Fsp3) is 0.188. The normalized spacial score (nSPS) is 13.1. The molecule has 0 saturated carbocycles. The van der Waals surface area contributed by atoms with Crippen LogP contribution in [0.2, 0.25) is 0 Å². The predicted octanol–water partition coefficient (Wildman–Crippen LogP) is 4.52. The maximum Gasteiger partial charge on any atom is 0.194 e. The number of ether oxygens (including phenoxy) is 2. The second kappa shape index (κ2) is 5.81. The van der Waals surface area contributed by atoms with Crippen LogP contribution in [-0.4, -0.2) is 19.0 Å². The molecule has 3 rings (SSSR count). The van der Waals surface area contributed by atoms with Crippen molar-refractivity contribution in [1.82, 2.24) is 0 Å². The number of carbonyl (C=O) groups excluding carboxylic acids is 1. The minimum atomic E-state index is -0.0468. The van der Waals surface area contributed by atoms with Gasteiger partial charge in [-0.25, -0.2) is 0 Å². The van der Waals surface area contributed by atoms with Crippen LogP contribution in [0.4, 0.5) is 0 Å². The highest BCUT2D eigenvalue weighted by atomic mass is 79.9. The Morgan fingerprint density at radius 2 is 1.67 bits per heavy atom. The number of fused-ring (bicyclic) bond motifs is 1. The highest BCUT2D eigenvalue weighted by molar-refractivity contribution is 9.10. The van der Waals surface area contributed by atoms with Gasteiger partial charge in [0.25, 0.3) is 0 Å². The number of hydrogen-bond donors (Lipinski definition) is 0. The molecule has 0 spiro atoms. The minimum absolute atomic E-state index is 0.0468. The van der Waals surface area contributed by atoms with Crippen molar-refractivity contribution in [3.8, 4) is 11.5 Å². The van der Waals surface area contributed by atoms with Crippen LogP contribution in [0, 0.1) is 6.92 Å². The summed E-state index contributed by atoms with van der Waals surface area (Å²) in [4.78, 5) is 12.7. The summed E-state index contributed by atoms with van der Waals surface area (Å²) in [5.74, 6) is 1.23. The van der Waals surface area contributed by atoms with E-state index >= 15 is 0 Å². The molecule has 0 amide bonds. The maximum absolute atomic E-state index is 12.7. The van der Waals surface area contributed by atoms with Gasteiger partial charge in [0, 0.05) is 20.1 Å². The van der Waals surface area contributed by atoms with Crippen LogP contribution in [-0.2, 0) is 0 Å². The molecule has 0 atom stereocenters. The fourth-order valence-corrected chi connectivity index (χ4v) is 2.93. The third-order valence-corrected chi connectivity index (χ3v) is 4.84. The summed E-state index contributed by atoms with van der Waals surface area (Å²) in [6, 6.07) is 9.08. The van der Waals surface area contributed by atoms with Gasteiger partial charge in [-0.05, 0) is 58.7 Å². The van der Waals surface area contributed by atoms with Gasteiger partial charge in [-0.2, -0.15) is 0 Å². The number of ketones is 1. The molecule has 5 heteroatoms. The largest absolute Gasteiger partial charge is 0.486 e. The zero-order valence-electron chi connectivity index (χ0n) is 11.3. The second-order valence-corrected chi connectivity index (χ2v) is 6.48. The molecular formula is C16H12Br2O3. The van der Waals surface area contributed by atoms with Crippen molar-refractivity contribution >= 4 is 37.6 Å². The maximum atomic E-state index is 12.7. The second-order valence-electron chi connectivity index (χ2n) is 4.77. The molecule has 2 aromatic rings. The molecule has 108 valence electrons. The zero-order chi connectivity index (χ0) is 15.0. The molecule has 1 aliphatic heterocycles. The Hall–Kier alpha value is -1.33. The molecule has 1 heterocycles. The smallest absolute Gasteiger partial charge is 0.194 e. The molecule has 0 unspecified atom stereocenters. The van der Waals surface area contributed by atoms with E-state index in [0.29, 0.717) is 40.3 Å². The third kappa shape index (κ3) is 2.85. The van der Waals surface area contributed by atoms with Gasteiger partial charge >= 0.3 is 0 Å². The summed E-state index contributed by atoms with van der Waals surface area (Å²) in [5, 5.41) is 0. The number of carbonyl (C=O) groups is 1. The number of benzene rings is 2. The Kier molecular flexibility index (Phi) is 4.04. The molecule has 1 aliphatic rings. The van der Waals surface area contributed by atoms with Crippen molar-refractivity contribution in [3.63, 3.8) is 0 Å². The van der Waals surface area contributed by atoms with Gasteiger partial charge in [-0.3, -0.25) is 4.79 Å². The molecule has 0 N–H and O–H groups in total. The standard InChI is InChI=1S/C16H12Br2O3/c1-9-6-10(2-3-12(9)17)16(19)11-7-14-15(8-13(11)18)21-5-4-20-14/h2-3,6-8H,4-5H2,1H3. The summed E-state index contributed by atoms with van der Waals surface area (Å²) in [7, 11) is 0. The van der Waals surface area contributed by atoms with Crippen LogP contribution in [0.25, 0.3) is 0 Å². The monoisotopic (exact) mass is 410 g/mol. The topological polar surface area (TPSA) is 35.5 Å². The Balaban J connectivity index is 2.03. The first-order chi connectivity index (χ1) is 10.1. The SMILES string of the molecule is Cc1cc(C(=O)c2cc3c(cc2Br)OCCO3)ccc1Br. The lowest BCUT2D eigenvalue weighted by molar-refractivity contribution is 0.103. The highest BCUT2D eigenvalue weighted by Crippen LogP contribution is 2.36.